The largest absolute Gasteiger partial charge is 0.349 e. The number of hydrogen-bond acceptors (Lipinski definition) is 3. The Balaban J connectivity index is 2.26. The molecule has 0 aliphatic carbocycles. The zero-order valence-corrected chi connectivity index (χ0v) is 9.45. The van der Waals surface area contributed by atoms with E-state index in [1.807, 2.05) is 4.90 Å². The van der Waals surface area contributed by atoms with E-state index < -0.39 is 0 Å². The molecule has 1 aliphatic heterocycles. The molecule has 1 heterocycles. The maximum atomic E-state index is 11.7. The van der Waals surface area contributed by atoms with Crippen LogP contribution in [0.25, 0.3) is 0 Å². The molecule has 1 aliphatic rings. The first-order valence-electron chi connectivity index (χ1n) is 5.30. The number of piperazine rings is 1. The van der Waals surface area contributed by atoms with E-state index in [1.54, 1.807) is 14.1 Å². The van der Waals surface area contributed by atoms with Gasteiger partial charge in [-0.25, -0.2) is 0 Å². The fourth-order valence-corrected chi connectivity index (χ4v) is 1.51. The van der Waals surface area contributed by atoms with E-state index >= 15 is 0 Å². The molecule has 0 aromatic heterocycles. The summed E-state index contributed by atoms with van der Waals surface area (Å²) < 4.78 is 0. The summed E-state index contributed by atoms with van der Waals surface area (Å²) in [5, 5.41) is 3.18. The minimum absolute atomic E-state index is 0.0125. The van der Waals surface area contributed by atoms with Crippen LogP contribution in [0.4, 0.5) is 0 Å². The average molecular weight is 213 g/mol. The van der Waals surface area contributed by atoms with Gasteiger partial charge in [-0.15, -0.1) is 0 Å². The standard InChI is InChI=1S/C10H19N3O2/c1-12(2)9(14)3-4-10(15)13-7-5-11-6-8-13/h11H,3-8H2,1-2H3. The first-order valence-corrected chi connectivity index (χ1v) is 5.30. The van der Waals surface area contributed by atoms with Gasteiger partial charge in [0.25, 0.3) is 0 Å². The van der Waals surface area contributed by atoms with Crippen LogP contribution in [-0.4, -0.2) is 61.9 Å². The molecule has 0 aromatic rings. The van der Waals surface area contributed by atoms with Gasteiger partial charge in [-0.3, -0.25) is 9.59 Å². The van der Waals surface area contributed by atoms with E-state index in [0.29, 0.717) is 12.8 Å². The van der Waals surface area contributed by atoms with E-state index in [4.69, 9.17) is 0 Å². The van der Waals surface area contributed by atoms with Crippen LogP contribution in [0.2, 0.25) is 0 Å². The highest BCUT2D eigenvalue weighted by Gasteiger charge is 2.17. The van der Waals surface area contributed by atoms with Crippen molar-refractivity contribution in [1.82, 2.24) is 15.1 Å². The molecule has 5 nitrogen and oxygen atoms in total. The molecule has 5 heteroatoms. The van der Waals surface area contributed by atoms with Crippen molar-refractivity contribution >= 4 is 11.8 Å². The number of carbonyl (C=O) groups is 2. The van der Waals surface area contributed by atoms with E-state index in [-0.39, 0.29) is 11.8 Å². The van der Waals surface area contributed by atoms with Gasteiger partial charge in [-0.05, 0) is 0 Å². The molecule has 0 unspecified atom stereocenters. The molecule has 1 rings (SSSR count). The van der Waals surface area contributed by atoms with Crippen molar-refractivity contribution < 1.29 is 9.59 Å². The lowest BCUT2D eigenvalue weighted by Crippen LogP contribution is -2.46. The van der Waals surface area contributed by atoms with Crippen LogP contribution in [0.3, 0.4) is 0 Å². The molecule has 0 radical (unpaired) electrons. The predicted octanol–water partition coefficient (Wildman–Crippen LogP) is -0.713. The maximum absolute atomic E-state index is 11.7. The Bertz CT molecular complexity index is 235. The monoisotopic (exact) mass is 213 g/mol. The third-order valence-corrected chi connectivity index (χ3v) is 2.52. The van der Waals surface area contributed by atoms with Gasteiger partial charge in [0.15, 0.2) is 0 Å². The average Bonchev–Trinajstić information content (AvgIpc) is 2.26. The van der Waals surface area contributed by atoms with E-state index in [0.717, 1.165) is 26.2 Å². The third-order valence-electron chi connectivity index (χ3n) is 2.52. The van der Waals surface area contributed by atoms with Gasteiger partial charge in [0, 0.05) is 53.1 Å². The Hall–Kier alpha value is -1.10. The summed E-state index contributed by atoms with van der Waals surface area (Å²) in [4.78, 5) is 26.3. The van der Waals surface area contributed by atoms with Crippen molar-refractivity contribution in [3.8, 4) is 0 Å². The molecular formula is C10H19N3O2. The zero-order valence-electron chi connectivity index (χ0n) is 9.45. The Morgan fingerprint density at radius 2 is 1.80 bits per heavy atom. The maximum Gasteiger partial charge on any atom is 0.223 e. The highest BCUT2D eigenvalue weighted by Crippen LogP contribution is 2.01. The summed E-state index contributed by atoms with van der Waals surface area (Å²) in [5.41, 5.74) is 0. The molecule has 0 bridgehead atoms. The summed E-state index contributed by atoms with van der Waals surface area (Å²) in [6, 6.07) is 0. The van der Waals surface area contributed by atoms with Gasteiger partial charge in [0.2, 0.25) is 11.8 Å². The molecule has 15 heavy (non-hydrogen) atoms. The van der Waals surface area contributed by atoms with Crippen molar-refractivity contribution in [3.63, 3.8) is 0 Å². The predicted molar refractivity (Wildman–Crippen MR) is 57.4 cm³/mol. The van der Waals surface area contributed by atoms with E-state index in [1.165, 1.54) is 4.90 Å². The second-order valence-corrected chi connectivity index (χ2v) is 3.92. The molecule has 86 valence electrons. The van der Waals surface area contributed by atoms with Crippen LogP contribution in [0, 0.1) is 0 Å². The SMILES string of the molecule is CN(C)C(=O)CCC(=O)N1CCNCC1. The van der Waals surface area contributed by atoms with Crippen LogP contribution in [-0.2, 0) is 9.59 Å². The summed E-state index contributed by atoms with van der Waals surface area (Å²) in [7, 11) is 3.41. The van der Waals surface area contributed by atoms with Gasteiger partial charge in [0.05, 0.1) is 0 Å². The second-order valence-electron chi connectivity index (χ2n) is 3.92. The fourth-order valence-electron chi connectivity index (χ4n) is 1.51. The minimum atomic E-state index is 0.0125. The van der Waals surface area contributed by atoms with E-state index in [2.05, 4.69) is 5.32 Å². The van der Waals surface area contributed by atoms with Crippen molar-refractivity contribution in [1.29, 1.82) is 0 Å². The number of nitrogens with zero attached hydrogens (tertiary/aromatic N) is 2. The van der Waals surface area contributed by atoms with Gasteiger partial charge in [-0.2, -0.15) is 0 Å². The Morgan fingerprint density at radius 1 is 1.20 bits per heavy atom. The van der Waals surface area contributed by atoms with Crippen molar-refractivity contribution in [3.05, 3.63) is 0 Å². The van der Waals surface area contributed by atoms with Crippen LogP contribution in [0.5, 0.6) is 0 Å². The molecular weight excluding hydrogens is 194 g/mol. The second kappa shape index (κ2) is 5.70. The highest BCUT2D eigenvalue weighted by molar-refractivity contribution is 5.83. The highest BCUT2D eigenvalue weighted by atomic mass is 16.2. The number of rotatable bonds is 3. The molecule has 1 saturated heterocycles. The lowest BCUT2D eigenvalue weighted by Gasteiger charge is -2.27. The van der Waals surface area contributed by atoms with Gasteiger partial charge >= 0.3 is 0 Å². The molecule has 0 aromatic carbocycles. The van der Waals surface area contributed by atoms with Crippen molar-refractivity contribution in [2.45, 2.75) is 12.8 Å². The van der Waals surface area contributed by atoms with E-state index in [9.17, 15) is 9.59 Å². The van der Waals surface area contributed by atoms with Crippen LogP contribution >= 0.6 is 0 Å². The molecule has 2 amide bonds. The van der Waals surface area contributed by atoms with Gasteiger partial charge in [0.1, 0.15) is 0 Å². The Labute approximate surface area is 90.4 Å². The number of nitrogens with one attached hydrogen (secondary N) is 1. The Morgan fingerprint density at radius 3 is 2.33 bits per heavy atom. The number of carbonyl (C=O) groups excluding carboxylic acids is 2. The van der Waals surface area contributed by atoms with Crippen LogP contribution in [0.1, 0.15) is 12.8 Å². The summed E-state index contributed by atoms with van der Waals surface area (Å²) in [5.74, 6) is 0.102. The van der Waals surface area contributed by atoms with Crippen molar-refractivity contribution in [2.24, 2.45) is 0 Å². The summed E-state index contributed by atoms with van der Waals surface area (Å²) in [6.07, 6.45) is 0.646. The first-order chi connectivity index (χ1) is 7.11. The lowest BCUT2D eigenvalue weighted by atomic mass is 10.2. The minimum Gasteiger partial charge on any atom is -0.349 e. The Kier molecular flexibility index (Phi) is 4.55. The third kappa shape index (κ3) is 3.87. The number of amides is 2. The molecule has 0 spiro atoms. The quantitative estimate of drug-likeness (QED) is 0.673. The zero-order chi connectivity index (χ0) is 11.3. The molecule has 0 atom stereocenters. The summed E-state index contributed by atoms with van der Waals surface area (Å²) in [6.45, 7) is 3.23. The number of hydrogen-bond donors (Lipinski definition) is 1. The van der Waals surface area contributed by atoms with Crippen molar-refractivity contribution in [2.75, 3.05) is 40.3 Å². The summed E-state index contributed by atoms with van der Waals surface area (Å²) >= 11 is 0. The molecule has 1 N–H and O–H groups in total. The smallest absolute Gasteiger partial charge is 0.223 e. The fraction of sp³-hybridized carbons (Fsp3) is 0.800. The normalized spacial score (nSPS) is 16.3. The first kappa shape index (κ1) is 12.0. The van der Waals surface area contributed by atoms with Gasteiger partial charge in [-0.1, -0.05) is 0 Å². The lowest BCUT2D eigenvalue weighted by molar-refractivity contribution is -0.136. The van der Waals surface area contributed by atoms with Crippen LogP contribution < -0.4 is 5.32 Å². The molecule has 1 fully saturated rings. The topological polar surface area (TPSA) is 52.7 Å². The van der Waals surface area contributed by atoms with Gasteiger partial charge < -0.3 is 15.1 Å². The van der Waals surface area contributed by atoms with Crippen LogP contribution in [0.15, 0.2) is 0 Å². The molecule has 0 saturated carbocycles.